The maximum Gasteiger partial charge on any atom is 0.232 e. The van der Waals surface area contributed by atoms with Crippen LogP contribution in [0.2, 0.25) is 0 Å². The highest BCUT2D eigenvalue weighted by atomic mass is 79.9. The van der Waals surface area contributed by atoms with Gasteiger partial charge in [-0.05, 0) is 18.8 Å². The van der Waals surface area contributed by atoms with E-state index in [9.17, 15) is 4.79 Å². The van der Waals surface area contributed by atoms with E-state index in [0.717, 1.165) is 12.5 Å². The Morgan fingerprint density at radius 2 is 2.00 bits per heavy atom. The number of hydrogen-bond acceptors (Lipinski definition) is 1. The summed E-state index contributed by atoms with van der Waals surface area (Å²) in [5, 5.41) is 0.455. The molecule has 76 valence electrons. The lowest BCUT2D eigenvalue weighted by molar-refractivity contribution is -0.127. The van der Waals surface area contributed by atoms with Crippen molar-refractivity contribution in [1.82, 2.24) is 4.90 Å². The summed E-state index contributed by atoms with van der Waals surface area (Å²) in [6.07, 6.45) is 6.69. The smallest absolute Gasteiger partial charge is 0.232 e. The van der Waals surface area contributed by atoms with Crippen LogP contribution in [-0.4, -0.2) is 29.7 Å². The molecule has 1 rings (SSSR count). The van der Waals surface area contributed by atoms with Crippen LogP contribution in [0.5, 0.6) is 0 Å². The second-order valence-corrected chi connectivity index (χ2v) is 4.47. The quantitative estimate of drug-likeness (QED) is 0.702. The third-order valence-electron chi connectivity index (χ3n) is 2.80. The number of amides is 1. The van der Waals surface area contributed by atoms with Crippen molar-refractivity contribution in [3.05, 3.63) is 0 Å². The summed E-state index contributed by atoms with van der Waals surface area (Å²) in [6.45, 7) is 0.949. The van der Waals surface area contributed by atoms with E-state index in [-0.39, 0.29) is 5.91 Å². The molecule has 0 saturated heterocycles. The van der Waals surface area contributed by atoms with Crippen LogP contribution in [0.3, 0.4) is 0 Å². The van der Waals surface area contributed by atoms with Crippen LogP contribution in [0.25, 0.3) is 0 Å². The SMILES string of the molecule is CN(CC1CCCCC1)C(=O)CBr. The fourth-order valence-corrected chi connectivity index (χ4v) is 2.39. The van der Waals surface area contributed by atoms with Crippen LogP contribution in [0.1, 0.15) is 32.1 Å². The zero-order valence-electron chi connectivity index (χ0n) is 8.26. The topological polar surface area (TPSA) is 20.3 Å². The minimum atomic E-state index is 0.200. The van der Waals surface area contributed by atoms with Crippen LogP contribution >= 0.6 is 15.9 Å². The van der Waals surface area contributed by atoms with Crippen LogP contribution < -0.4 is 0 Å². The molecule has 0 N–H and O–H groups in total. The molecule has 1 amide bonds. The van der Waals surface area contributed by atoms with Gasteiger partial charge < -0.3 is 4.90 Å². The molecular formula is C10H18BrNO. The largest absolute Gasteiger partial charge is 0.345 e. The molecule has 0 aromatic heterocycles. The van der Waals surface area contributed by atoms with Crippen molar-refractivity contribution >= 4 is 21.8 Å². The Hall–Kier alpha value is -0.0500. The first-order valence-electron chi connectivity index (χ1n) is 5.04. The number of nitrogens with zero attached hydrogens (tertiary/aromatic N) is 1. The molecule has 0 radical (unpaired) electrons. The summed E-state index contributed by atoms with van der Waals surface area (Å²) >= 11 is 3.19. The van der Waals surface area contributed by atoms with E-state index in [0.29, 0.717) is 5.33 Å². The van der Waals surface area contributed by atoms with Gasteiger partial charge in [0.15, 0.2) is 0 Å². The Morgan fingerprint density at radius 1 is 1.38 bits per heavy atom. The van der Waals surface area contributed by atoms with Gasteiger partial charge in [-0.1, -0.05) is 35.2 Å². The van der Waals surface area contributed by atoms with Crippen molar-refractivity contribution in [2.75, 3.05) is 18.9 Å². The standard InChI is InChI=1S/C10H18BrNO/c1-12(10(13)7-11)8-9-5-3-2-4-6-9/h9H,2-8H2,1H3. The highest BCUT2D eigenvalue weighted by Gasteiger charge is 2.17. The van der Waals surface area contributed by atoms with Crippen molar-refractivity contribution < 1.29 is 4.79 Å². The monoisotopic (exact) mass is 247 g/mol. The molecule has 2 nitrogen and oxygen atoms in total. The number of alkyl halides is 1. The predicted molar refractivity (Wildman–Crippen MR) is 58.0 cm³/mol. The highest BCUT2D eigenvalue weighted by molar-refractivity contribution is 9.09. The van der Waals surface area contributed by atoms with E-state index < -0.39 is 0 Å². The predicted octanol–water partition coefficient (Wildman–Crippen LogP) is 2.42. The lowest BCUT2D eigenvalue weighted by Gasteiger charge is -2.26. The molecule has 0 aliphatic heterocycles. The fourth-order valence-electron chi connectivity index (χ4n) is 1.96. The van der Waals surface area contributed by atoms with E-state index in [2.05, 4.69) is 15.9 Å². The summed E-state index contributed by atoms with van der Waals surface area (Å²) in [5.74, 6) is 0.951. The second-order valence-electron chi connectivity index (χ2n) is 3.91. The number of rotatable bonds is 3. The van der Waals surface area contributed by atoms with Crippen molar-refractivity contribution in [3.8, 4) is 0 Å². The van der Waals surface area contributed by atoms with Crippen LogP contribution in [0, 0.1) is 5.92 Å². The van der Waals surface area contributed by atoms with Gasteiger partial charge in [-0.3, -0.25) is 4.79 Å². The molecule has 0 spiro atoms. The van der Waals surface area contributed by atoms with Crippen molar-refractivity contribution in [2.45, 2.75) is 32.1 Å². The molecule has 3 heteroatoms. The Labute approximate surface area is 88.8 Å². The minimum absolute atomic E-state index is 0.200. The van der Waals surface area contributed by atoms with Gasteiger partial charge in [-0.2, -0.15) is 0 Å². The van der Waals surface area contributed by atoms with Crippen molar-refractivity contribution in [3.63, 3.8) is 0 Å². The Balaban J connectivity index is 2.25. The summed E-state index contributed by atoms with van der Waals surface area (Å²) in [6, 6.07) is 0. The Morgan fingerprint density at radius 3 is 2.54 bits per heavy atom. The highest BCUT2D eigenvalue weighted by Crippen LogP contribution is 2.24. The maximum absolute atomic E-state index is 11.3. The van der Waals surface area contributed by atoms with Crippen molar-refractivity contribution in [2.24, 2.45) is 5.92 Å². The van der Waals surface area contributed by atoms with Gasteiger partial charge in [0.05, 0.1) is 5.33 Å². The minimum Gasteiger partial charge on any atom is -0.345 e. The third kappa shape index (κ3) is 3.67. The molecule has 1 fully saturated rings. The molecule has 1 saturated carbocycles. The Bertz CT molecular complexity index is 166. The molecular weight excluding hydrogens is 230 g/mol. The molecule has 1 aliphatic rings. The summed E-state index contributed by atoms with van der Waals surface area (Å²) < 4.78 is 0. The molecule has 0 aromatic rings. The summed E-state index contributed by atoms with van der Waals surface area (Å²) in [4.78, 5) is 13.1. The zero-order valence-corrected chi connectivity index (χ0v) is 9.85. The summed E-state index contributed by atoms with van der Waals surface area (Å²) in [5.41, 5.74) is 0. The fraction of sp³-hybridized carbons (Fsp3) is 0.900. The molecule has 13 heavy (non-hydrogen) atoms. The maximum atomic E-state index is 11.3. The first-order chi connectivity index (χ1) is 6.24. The number of carbonyl (C=O) groups is 1. The first-order valence-corrected chi connectivity index (χ1v) is 6.16. The average molecular weight is 248 g/mol. The molecule has 0 atom stereocenters. The lowest BCUT2D eigenvalue weighted by atomic mass is 9.89. The molecule has 1 aliphatic carbocycles. The van der Waals surface area contributed by atoms with Gasteiger partial charge in [0.25, 0.3) is 0 Å². The van der Waals surface area contributed by atoms with Gasteiger partial charge in [0.2, 0.25) is 5.91 Å². The van der Waals surface area contributed by atoms with Gasteiger partial charge in [-0.15, -0.1) is 0 Å². The van der Waals surface area contributed by atoms with Gasteiger partial charge in [0.1, 0.15) is 0 Å². The van der Waals surface area contributed by atoms with E-state index >= 15 is 0 Å². The second kappa shape index (κ2) is 5.63. The molecule has 0 heterocycles. The first kappa shape index (κ1) is 11.0. The number of hydrogen-bond donors (Lipinski definition) is 0. The third-order valence-corrected chi connectivity index (χ3v) is 3.28. The number of carbonyl (C=O) groups excluding carboxylic acids is 1. The van der Waals surface area contributed by atoms with Crippen LogP contribution in [0.15, 0.2) is 0 Å². The zero-order chi connectivity index (χ0) is 9.68. The summed E-state index contributed by atoms with van der Waals surface area (Å²) in [7, 11) is 1.90. The molecule has 0 bridgehead atoms. The van der Waals surface area contributed by atoms with Crippen LogP contribution in [-0.2, 0) is 4.79 Å². The van der Waals surface area contributed by atoms with Crippen LogP contribution in [0.4, 0.5) is 0 Å². The van der Waals surface area contributed by atoms with E-state index in [1.54, 1.807) is 0 Å². The van der Waals surface area contributed by atoms with Crippen molar-refractivity contribution in [1.29, 1.82) is 0 Å². The van der Waals surface area contributed by atoms with Gasteiger partial charge in [0, 0.05) is 13.6 Å². The normalized spacial score (nSPS) is 18.6. The van der Waals surface area contributed by atoms with Gasteiger partial charge in [-0.25, -0.2) is 0 Å². The number of halogens is 1. The van der Waals surface area contributed by atoms with E-state index in [1.165, 1.54) is 32.1 Å². The average Bonchev–Trinajstić information content (AvgIpc) is 2.18. The molecule has 0 unspecified atom stereocenters. The van der Waals surface area contributed by atoms with Gasteiger partial charge >= 0.3 is 0 Å². The lowest BCUT2D eigenvalue weighted by Crippen LogP contribution is -2.33. The van der Waals surface area contributed by atoms with E-state index in [1.807, 2.05) is 11.9 Å². The Kier molecular flexibility index (Phi) is 4.78. The molecule has 0 aromatic carbocycles. The van der Waals surface area contributed by atoms with E-state index in [4.69, 9.17) is 0 Å².